The molecule has 0 heterocycles. The van der Waals surface area contributed by atoms with Crippen molar-refractivity contribution in [3.05, 3.63) is 71.8 Å². The van der Waals surface area contributed by atoms with Crippen LogP contribution in [0, 0.1) is 0 Å². The van der Waals surface area contributed by atoms with Gasteiger partial charge in [0, 0.05) is 31.7 Å². The average Bonchev–Trinajstić information content (AvgIpc) is 2.63. The summed E-state index contributed by atoms with van der Waals surface area (Å²) in [4.78, 5) is 24.2. The highest BCUT2D eigenvalue weighted by molar-refractivity contribution is 5.94. The number of methoxy groups -OCH3 is 1. The molecule has 0 radical (unpaired) electrons. The predicted molar refractivity (Wildman–Crippen MR) is 97.2 cm³/mol. The first kappa shape index (κ1) is 18.7. The summed E-state index contributed by atoms with van der Waals surface area (Å²) < 4.78 is 5.43. The van der Waals surface area contributed by atoms with Crippen molar-refractivity contribution < 1.29 is 14.3 Å². The van der Waals surface area contributed by atoms with Crippen LogP contribution in [0.15, 0.2) is 60.7 Å². The Hall–Kier alpha value is -2.66. The van der Waals surface area contributed by atoms with Crippen LogP contribution in [0.4, 0.5) is 0 Å². The highest BCUT2D eigenvalue weighted by Crippen LogP contribution is 2.14. The molecule has 0 aliphatic rings. The summed E-state index contributed by atoms with van der Waals surface area (Å²) in [7, 11) is 1.62. The van der Waals surface area contributed by atoms with Gasteiger partial charge in [0.25, 0.3) is 5.91 Å². The van der Waals surface area contributed by atoms with E-state index in [0.29, 0.717) is 12.1 Å². The van der Waals surface area contributed by atoms with E-state index < -0.39 is 0 Å². The van der Waals surface area contributed by atoms with Gasteiger partial charge >= 0.3 is 0 Å². The molecule has 2 atom stereocenters. The second-order valence-electron chi connectivity index (χ2n) is 5.88. The largest absolute Gasteiger partial charge is 0.375 e. The lowest BCUT2D eigenvalue weighted by Crippen LogP contribution is -2.38. The molecule has 0 fully saturated rings. The Kier molecular flexibility index (Phi) is 7.16. The van der Waals surface area contributed by atoms with Crippen molar-refractivity contribution in [3.63, 3.8) is 0 Å². The number of amides is 2. The summed E-state index contributed by atoms with van der Waals surface area (Å²) in [5.74, 6) is -0.307. The van der Waals surface area contributed by atoms with Gasteiger partial charge in [0.15, 0.2) is 0 Å². The van der Waals surface area contributed by atoms with Crippen LogP contribution in [0.2, 0.25) is 0 Å². The molecule has 5 heteroatoms. The normalized spacial score (nSPS) is 12.9. The van der Waals surface area contributed by atoms with Gasteiger partial charge in [0.05, 0.1) is 6.10 Å². The monoisotopic (exact) mass is 340 g/mol. The molecular weight excluding hydrogens is 316 g/mol. The summed E-state index contributed by atoms with van der Waals surface area (Å²) in [5, 5.41) is 5.69. The topological polar surface area (TPSA) is 67.4 Å². The van der Waals surface area contributed by atoms with Gasteiger partial charge in [-0.25, -0.2) is 0 Å². The Balaban J connectivity index is 1.78. The third kappa shape index (κ3) is 6.04. The van der Waals surface area contributed by atoms with Crippen LogP contribution in [0.3, 0.4) is 0 Å². The van der Waals surface area contributed by atoms with Crippen molar-refractivity contribution in [1.82, 2.24) is 10.6 Å². The van der Waals surface area contributed by atoms with E-state index in [9.17, 15) is 9.59 Å². The van der Waals surface area contributed by atoms with Crippen LogP contribution in [0.1, 0.15) is 35.4 Å². The number of rotatable bonds is 8. The molecular formula is C20H24N2O3. The van der Waals surface area contributed by atoms with Gasteiger partial charge in [-0.2, -0.15) is 0 Å². The van der Waals surface area contributed by atoms with Gasteiger partial charge in [-0.1, -0.05) is 48.5 Å². The summed E-state index contributed by atoms with van der Waals surface area (Å²) in [6, 6.07) is 18.4. The molecule has 0 aromatic heterocycles. The van der Waals surface area contributed by atoms with Crippen molar-refractivity contribution in [2.24, 2.45) is 0 Å². The van der Waals surface area contributed by atoms with Gasteiger partial charge in [0.1, 0.15) is 0 Å². The number of carbonyl (C=O) groups is 2. The quantitative estimate of drug-likeness (QED) is 0.776. The molecule has 2 N–H and O–H groups in total. The molecule has 2 aromatic rings. The minimum Gasteiger partial charge on any atom is -0.375 e. The zero-order valence-electron chi connectivity index (χ0n) is 14.6. The minimum absolute atomic E-state index is 0.126. The number of benzene rings is 2. The van der Waals surface area contributed by atoms with Gasteiger partial charge < -0.3 is 15.4 Å². The van der Waals surface area contributed by atoms with Crippen molar-refractivity contribution >= 4 is 11.8 Å². The third-order valence-electron chi connectivity index (χ3n) is 3.85. The molecule has 0 aliphatic carbocycles. The van der Waals surface area contributed by atoms with Gasteiger partial charge in [0.2, 0.25) is 5.91 Å². The van der Waals surface area contributed by atoms with Crippen LogP contribution < -0.4 is 10.6 Å². The third-order valence-corrected chi connectivity index (χ3v) is 3.85. The molecule has 2 amide bonds. The number of nitrogens with one attached hydrogen (secondary N) is 2. The van der Waals surface area contributed by atoms with E-state index >= 15 is 0 Å². The Labute approximate surface area is 148 Å². The van der Waals surface area contributed by atoms with Gasteiger partial charge in [-0.05, 0) is 24.6 Å². The minimum atomic E-state index is -0.259. The van der Waals surface area contributed by atoms with Crippen molar-refractivity contribution in [2.45, 2.75) is 25.5 Å². The molecule has 0 bridgehead atoms. The van der Waals surface area contributed by atoms with E-state index in [0.717, 1.165) is 5.56 Å². The molecule has 132 valence electrons. The first-order chi connectivity index (χ1) is 12.1. The van der Waals surface area contributed by atoms with Crippen LogP contribution in [0.25, 0.3) is 0 Å². The second kappa shape index (κ2) is 9.59. The Morgan fingerprint density at radius 1 is 1.00 bits per heavy atom. The van der Waals surface area contributed by atoms with Crippen molar-refractivity contribution in [3.8, 4) is 0 Å². The molecule has 5 nitrogen and oxygen atoms in total. The lowest BCUT2D eigenvalue weighted by Gasteiger charge is -2.18. The molecule has 0 aliphatic heterocycles. The van der Waals surface area contributed by atoms with E-state index in [2.05, 4.69) is 10.6 Å². The fourth-order valence-electron chi connectivity index (χ4n) is 2.51. The Morgan fingerprint density at radius 3 is 2.20 bits per heavy atom. The maximum Gasteiger partial charge on any atom is 0.251 e. The first-order valence-corrected chi connectivity index (χ1v) is 8.30. The molecule has 2 aromatic carbocycles. The molecule has 0 saturated carbocycles. The number of ether oxygens (including phenoxy) is 1. The van der Waals surface area contributed by atoms with Crippen molar-refractivity contribution in [1.29, 1.82) is 0 Å². The standard InChI is InChI=1S/C20H24N2O3/c1-15(22-20(24)17-11-7-4-8-12-17)13-19(23)21-14-18(25-2)16-9-5-3-6-10-16/h3-12,15,18H,13-14H2,1-2H3,(H,21,23)(H,22,24). The molecule has 2 rings (SSSR count). The fraction of sp³-hybridized carbons (Fsp3) is 0.300. The van der Waals surface area contributed by atoms with Crippen LogP contribution in [0.5, 0.6) is 0 Å². The fourth-order valence-corrected chi connectivity index (χ4v) is 2.51. The first-order valence-electron chi connectivity index (χ1n) is 8.30. The zero-order chi connectivity index (χ0) is 18.1. The summed E-state index contributed by atoms with van der Waals surface area (Å²) in [5.41, 5.74) is 1.59. The molecule has 0 spiro atoms. The van der Waals surface area contributed by atoms with E-state index in [1.807, 2.05) is 43.3 Å². The van der Waals surface area contributed by atoms with E-state index in [4.69, 9.17) is 4.74 Å². The highest BCUT2D eigenvalue weighted by Gasteiger charge is 2.15. The molecule has 2 unspecified atom stereocenters. The van der Waals surface area contributed by atoms with Crippen molar-refractivity contribution in [2.75, 3.05) is 13.7 Å². The average molecular weight is 340 g/mol. The Morgan fingerprint density at radius 2 is 1.60 bits per heavy atom. The van der Waals surface area contributed by atoms with E-state index in [1.54, 1.807) is 31.4 Å². The maximum absolute atomic E-state index is 12.1. The lowest BCUT2D eigenvalue weighted by molar-refractivity contribution is -0.122. The van der Waals surface area contributed by atoms with Crippen LogP contribution >= 0.6 is 0 Å². The Bertz CT molecular complexity index is 674. The smallest absolute Gasteiger partial charge is 0.251 e. The van der Waals surface area contributed by atoms with Gasteiger partial charge in [-0.15, -0.1) is 0 Å². The lowest BCUT2D eigenvalue weighted by atomic mass is 10.1. The van der Waals surface area contributed by atoms with E-state index in [-0.39, 0.29) is 30.4 Å². The summed E-state index contributed by atoms with van der Waals surface area (Å²) in [6.07, 6.45) is 0.0171. The number of hydrogen-bond donors (Lipinski definition) is 2. The maximum atomic E-state index is 12.1. The molecule has 25 heavy (non-hydrogen) atoms. The highest BCUT2D eigenvalue weighted by atomic mass is 16.5. The zero-order valence-corrected chi connectivity index (χ0v) is 14.6. The summed E-state index contributed by atoms with van der Waals surface area (Å²) >= 11 is 0. The number of hydrogen-bond acceptors (Lipinski definition) is 3. The molecule has 0 saturated heterocycles. The predicted octanol–water partition coefficient (Wildman–Crippen LogP) is 2.70. The van der Waals surface area contributed by atoms with Crippen LogP contribution in [-0.4, -0.2) is 31.5 Å². The van der Waals surface area contributed by atoms with E-state index in [1.165, 1.54) is 0 Å². The summed E-state index contributed by atoms with van der Waals surface area (Å²) in [6.45, 7) is 2.20. The number of carbonyl (C=O) groups excluding carboxylic acids is 2. The second-order valence-corrected chi connectivity index (χ2v) is 5.88. The van der Waals surface area contributed by atoms with Gasteiger partial charge in [-0.3, -0.25) is 9.59 Å². The van der Waals surface area contributed by atoms with Crippen LogP contribution in [-0.2, 0) is 9.53 Å². The SMILES string of the molecule is COC(CNC(=O)CC(C)NC(=O)c1ccccc1)c1ccccc1.